The second kappa shape index (κ2) is 6.14. The van der Waals surface area contributed by atoms with Crippen molar-refractivity contribution in [2.75, 3.05) is 13.2 Å². The minimum absolute atomic E-state index is 0.0304. The molecule has 0 aromatic rings. The maximum atomic E-state index is 12.2. The highest BCUT2D eigenvalue weighted by molar-refractivity contribution is 5.69. The van der Waals surface area contributed by atoms with E-state index in [-0.39, 0.29) is 19.2 Å². The average molecular weight is 285 g/mol. The number of aliphatic hydroxyl groups excluding tert-OH is 2. The first-order valence-electron chi connectivity index (χ1n) is 7.07. The van der Waals surface area contributed by atoms with E-state index in [1.165, 1.54) is 0 Å². The molecule has 1 saturated heterocycles. The smallest absolute Gasteiger partial charge is 0.410 e. The summed E-state index contributed by atoms with van der Waals surface area (Å²) in [5.74, 6) is 0. The first-order valence-corrected chi connectivity index (χ1v) is 7.07. The van der Waals surface area contributed by atoms with Gasteiger partial charge in [-0.1, -0.05) is 6.08 Å². The molecule has 0 aromatic carbocycles. The molecule has 5 heteroatoms. The largest absolute Gasteiger partial charge is 0.444 e. The second-order valence-electron chi connectivity index (χ2n) is 6.52. The summed E-state index contributed by atoms with van der Waals surface area (Å²) in [5.41, 5.74) is -1.12. The Morgan fingerprint density at radius 3 is 2.60 bits per heavy atom. The summed E-state index contributed by atoms with van der Waals surface area (Å²) in [6, 6.07) is -0.211. The zero-order valence-corrected chi connectivity index (χ0v) is 12.9. The Morgan fingerprint density at radius 1 is 1.55 bits per heavy atom. The Labute approximate surface area is 121 Å². The monoisotopic (exact) mass is 285 g/mol. The number of rotatable bonds is 4. The van der Waals surface area contributed by atoms with Crippen molar-refractivity contribution in [1.29, 1.82) is 0 Å². The molecule has 116 valence electrons. The summed E-state index contributed by atoms with van der Waals surface area (Å²) in [4.78, 5) is 13.8. The lowest BCUT2D eigenvalue weighted by Gasteiger charge is -2.36. The van der Waals surface area contributed by atoms with Crippen molar-refractivity contribution in [3.05, 3.63) is 12.7 Å². The van der Waals surface area contributed by atoms with Crippen LogP contribution in [0.5, 0.6) is 0 Å². The molecule has 0 spiro atoms. The Kier molecular flexibility index (Phi) is 5.21. The summed E-state index contributed by atoms with van der Waals surface area (Å²) in [6.07, 6.45) is 1.60. The molecule has 0 aromatic heterocycles. The molecular weight excluding hydrogens is 258 g/mol. The topological polar surface area (TPSA) is 70.0 Å². The fourth-order valence-electron chi connectivity index (χ4n) is 2.93. The van der Waals surface area contributed by atoms with Gasteiger partial charge < -0.3 is 19.8 Å². The number of nitrogens with zero attached hydrogens (tertiary/aromatic N) is 1. The highest BCUT2D eigenvalue weighted by Crippen LogP contribution is 2.43. The van der Waals surface area contributed by atoms with E-state index in [0.717, 1.165) is 0 Å². The second-order valence-corrected chi connectivity index (χ2v) is 6.52. The lowest BCUT2D eigenvalue weighted by atomic mass is 9.73. The quantitative estimate of drug-likeness (QED) is 0.774. The zero-order valence-electron chi connectivity index (χ0n) is 12.9. The van der Waals surface area contributed by atoms with E-state index in [0.29, 0.717) is 12.8 Å². The van der Waals surface area contributed by atoms with Crippen LogP contribution in [0.3, 0.4) is 0 Å². The van der Waals surface area contributed by atoms with Gasteiger partial charge in [-0.3, -0.25) is 0 Å². The van der Waals surface area contributed by atoms with Crippen molar-refractivity contribution in [2.45, 2.75) is 58.3 Å². The molecule has 5 nitrogen and oxygen atoms in total. The summed E-state index contributed by atoms with van der Waals surface area (Å²) >= 11 is 0. The molecule has 0 radical (unpaired) electrons. The number of β-amino-alcohol motifs (C(OH)–C–C–N with tert-alkyl or cyclic N) is 1. The summed E-state index contributed by atoms with van der Waals surface area (Å²) in [5, 5.41) is 19.7. The minimum atomic E-state index is -0.685. The SMILES string of the molecule is C=CCC1(CCO)C(O)CN(C(=O)OC(C)(C)C)[C@@H]1C. The van der Waals surface area contributed by atoms with Gasteiger partial charge in [0.05, 0.1) is 12.6 Å². The molecular formula is C15H27NO4. The van der Waals surface area contributed by atoms with E-state index in [2.05, 4.69) is 6.58 Å². The van der Waals surface area contributed by atoms with E-state index >= 15 is 0 Å². The molecule has 2 N–H and O–H groups in total. The van der Waals surface area contributed by atoms with Crippen LogP contribution in [-0.2, 0) is 4.74 Å². The molecule has 1 fully saturated rings. The van der Waals surface area contributed by atoms with E-state index in [1.807, 2.05) is 27.7 Å². The third kappa shape index (κ3) is 3.33. The van der Waals surface area contributed by atoms with Crippen molar-refractivity contribution in [3.8, 4) is 0 Å². The molecule has 1 amide bonds. The molecule has 1 aliphatic heterocycles. The number of allylic oxidation sites excluding steroid dienone is 1. The minimum Gasteiger partial charge on any atom is -0.444 e. The van der Waals surface area contributed by atoms with Crippen molar-refractivity contribution in [1.82, 2.24) is 4.90 Å². The van der Waals surface area contributed by atoms with E-state index in [1.54, 1.807) is 11.0 Å². The third-order valence-electron chi connectivity index (χ3n) is 4.06. The van der Waals surface area contributed by atoms with Gasteiger partial charge in [-0.15, -0.1) is 6.58 Å². The number of hydrogen-bond acceptors (Lipinski definition) is 4. The van der Waals surface area contributed by atoms with Crippen LogP contribution in [-0.4, -0.2) is 52.1 Å². The fourth-order valence-corrected chi connectivity index (χ4v) is 2.93. The number of carbonyl (C=O) groups excluding carboxylic acids is 1. The van der Waals surface area contributed by atoms with Crippen molar-refractivity contribution in [3.63, 3.8) is 0 Å². The van der Waals surface area contributed by atoms with Crippen LogP contribution < -0.4 is 0 Å². The Morgan fingerprint density at radius 2 is 2.15 bits per heavy atom. The molecule has 2 unspecified atom stereocenters. The fraction of sp³-hybridized carbons (Fsp3) is 0.800. The molecule has 1 aliphatic rings. The van der Waals surface area contributed by atoms with Crippen LogP contribution in [0.25, 0.3) is 0 Å². The third-order valence-corrected chi connectivity index (χ3v) is 4.06. The van der Waals surface area contributed by atoms with Crippen LogP contribution in [0.2, 0.25) is 0 Å². The Hall–Kier alpha value is -1.07. The summed E-state index contributed by atoms with van der Waals surface area (Å²) in [7, 11) is 0. The summed E-state index contributed by atoms with van der Waals surface area (Å²) < 4.78 is 5.38. The number of aliphatic hydroxyl groups is 2. The number of ether oxygens (including phenoxy) is 1. The van der Waals surface area contributed by atoms with Crippen molar-refractivity contribution >= 4 is 6.09 Å². The lowest BCUT2D eigenvalue weighted by molar-refractivity contribution is 0.0130. The molecule has 1 heterocycles. The first-order chi connectivity index (χ1) is 9.18. The van der Waals surface area contributed by atoms with Gasteiger partial charge in [0.15, 0.2) is 0 Å². The number of hydrogen-bond donors (Lipinski definition) is 2. The van der Waals surface area contributed by atoms with Crippen LogP contribution >= 0.6 is 0 Å². The van der Waals surface area contributed by atoms with Gasteiger partial charge in [0, 0.05) is 18.1 Å². The first kappa shape index (κ1) is 17.0. The van der Waals surface area contributed by atoms with Gasteiger partial charge in [-0.2, -0.15) is 0 Å². The zero-order chi connectivity index (χ0) is 15.6. The van der Waals surface area contributed by atoms with E-state index < -0.39 is 23.2 Å². The highest BCUT2D eigenvalue weighted by Gasteiger charge is 2.52. The number of carbonyl (C=O) groups is 1. The number of likely N-dealkylation sites (tertiary alicyclic amines) is 1. The molecule has 1 rings (SSSR count). The normalized spacial score (nSPS) is 30.4. The van der Waals surface area contributed by atoms with E-state index in [9.17, 15) is 15.0 Å². The Balaban J connectivity index is 2.94. The molecule has 0 saturated carbocycles. The van der Waals surface area contributed by atoms with Gasteiger partial charge in [-0.05, 0) is 40.5 Å². The van der Waals surface area contributed by atoms with E-state index in [4.69, 9.17) is 4.74 Å². The standard InChI is InChI=1S/C15H27NO4/c1-6-7-15(8-9-17)11(2)16(10-12(15)18)13(19)20-14(3,4)5/h6,11-12,17-18H,1,7-10H2,2-5H3/t11-,12?,15?/m1/s1. The highest BCUT2D eigenvalue weighted by atomic mass is 16.6. The maximum absolute atomic E-state index is 12.2. The van der Waals surface area contributed by atoms with Gasteiger partial charge in [0.1, 0.15) is 5.60 Å². The van der Waals surface area contributed by atoms with Gasteiger partial charge in [0.25, 0.3) is 0 Å². The van der Waals surface area contributed by atoms with Crippen molar-refractivity contribution in [2.24, 2.45) is 5.41 Å². The maximum Gasteiger partial charge on any atom is 0.410 e. The molecule has 20 heavy (non-hydrogen) atoms. The Bertz CT molecular complexity index is 363. The van der Waals surface area contributed by atoms with Crippen LogP contribution in [0.1, 0.15) is 40.5 Å². The average Bonchev–Trinajstić information content (AvgIpc) is 2.53. The summed E-state index contributed by atoms with van der Waals surface area (Å²) in [6.45, 7) is 11.2. The van der Waals surface area contributed by atoms with Crippen LogP contribution in [0.15, 0.2) is 12.7 Å². The van der Waals surface area contributed by atoms with Gasteiger partial charge >= 0.3 is 6.09 Å². The van der Waals surface area contributed by atoms with Gasteiger partial charge in [-0.25, -0.2) is 4.79 Å². The van der Waals surface area contributed by atoms with Gasteiger partial charge in [0.2, 0.25) is 0 Å². The van der Waals surface area contributed by atoms with Crippen LogP contribution in [0, 0.1) is 5.41 Å². The lowest BCUT2D eigenvalue weighted by Crippen LogP contribution is -2.44. The molecule has 0 bridgehead atoms. The predicted molar refractivity (Wildman–Crippen MR) is 77.4 cm³/mol. The predicted octanol–water partition coefficient (Wildman–Crippen LogP) is 1.93. The number of amides is 1. The van der Waals surface area contributed by atoms with Crippen molar-refractivity contribution < 1.29 is 19.7 Å². The molecule has 0 aliphatic carbocycles. The molecule has 3 atom stereocenters. The van der Waals surface area contributed by atoms with Crippen LogP contribution in [0.4, 0.5) is 4.79 Å².